The molecule has 0 rings (SSSR count). The first-order valence-electron chi connectivity index (χ1n) is 2.47. The number of hydrogen-bond donors (Lipinski definition) is 1. The third-order valence-corrected chi connectivity index (χ3v) is 0.175. The Balaban J connectivity index is -0.0000000910. The van der Waals surface area contributed by atoms with Gasteiger partial charge in [0.15, 0.2) is 17.4 Å². The minimum atomic E-state index is -0.981. The van der Waals surface area contributed by atoms with Crippen molar-refractivity contribution in [3.63, 3.8) is 0 Å². The van der Waals surface area contributed by atoms with Crippen LogP contribution in [-0.2, 0) is 4.79 Å². The monoisotopic (exact) mass is 161 g/mol. The van der Waals surface area contributed by atoms with E-state index in [-0.39, 0.29) is 17.4 Å². The predicted octanol–water partition coefficient (Wildman–Crippen LogP) is -0.749. The van der Waals surface area contributed by atoms with E-state index in [0.29, 0.717) is 0 Å². The molecule has 0 amide bonds. The van der Waals surface area contributed by atoms with Gasteiger partial charge in [-0.25, -0.2) is 4.79 Å². The van der Waals surface area contributed by atoms with E-state index in [1.54, 1.807) is 0 Å². The topological polar surface area (TPSA) is 40.5 Å². The number of nitrogens with zero attached hydrogens (tertiary/aromatic N) is 1. The quantitative estimate of drug-likeness (QED) is 0.406. The molecule has 0 atom stereocenters. The standard InChI is InChI=1S/C3H9N.C3H4O2.Al.3H/c1-4(2)3;1-2-3(4)5;;;;/h1-3H3;2H,1H2,(H,4,5);;;;. The van der Waals surface area contributed by atoms with Gasteiger partial charge in [-0.1, -0.05) is 6.58 Å². The van der Waals surface area contributed by atoms with Crippen LogP contribution >= 0.6 is 0 Å². The molecule has 1 N–H and O–H groups in total. The largest absolute Gasteiger partial charge is 0.478 e. The van der Waals surface area contributed by atoms with Crippen LogP contribution in [0.2, 0.25) is 0 Å². The highest BCUT2D eigenvalue weighted by Gasteiger charge is 1.73. The Hall–Kier alpha value is -0.298. The summed E-state index contributed by atoms with van der Waals surface area (Å²) in [5.74, 6) is -0.981. The molecular weight excluding hydrogens is 145 g/mol. The molecule has 0 aliphatic carbocycles. The maximum atomic E-state index is 9.25. The summed E-state index contributed by atoms with van der Waals surface area (Å²) in [6.07, 6.45) is 0.833. The molecule has 3 nitrogen and oxygen atoms in total. The summed E-state index contributed by atoms with van der Waals surface area (Å²) in [4.78, 5) is 11.2. The second kappa shape index (κ2) is 11.5. The van der Waals surface area contributed by atoms with Crippen molar-refractivity contribution in [2.75, 3.05) is 21.1 Å². The maximum Gasteiger partial charge on any atom is 0.327 e. The molecule has 60 valence electrons. The fourth-order valence-electron chi connectivity index (χ4n) is 0. The zero-order valence-corrected chi connectivity index (χ0v) is 6.09. The Labute approximate surface area is 72.5 Å². The fraction of sp³-hybridized carbons (Fsp3) is 0.500. The van der Waals surface area contributed by atoms with E-state index in [4.69, 9.17) is 5.11 Å². The number of carbonyl (C=O) groups is 1. The van der Waals surface area contributed by atoms with E-state index < -0.39 is 5.97 Å². The van der Waals surface area contributed by atoms with Gasteiger partial charge in [0, 0.05) is 6.08 Å². The Bertz CT molecular complexity index is 91.0. The van der Waals surface area contributed by atoms with Crippen molar-refractivity contribution in [2.24, 2.45) is 0 Å². The zero-order chi connectivity index (χ0) is 7.86. The summed E-state index contributed by atoms with van der Waals surface area (Å²) in [6.45, 7) is 2.96. The number of carboxylic acids is 1. The van der Waals surface area contributed by atoms with Gasteiger partial charge in [-0.2, -0.15) is 0 Å². The zero-order valence-electron chi connectivity index (χ0n) is 6.09. The van der Waals surface area contributed by atoms with Crippen LogP contribution in [0.25, 0.3) is 0 Å². The Morgan fingerprint density at radius 1 is 1.50 bits per heavy atom. The van der Waals surface area contributed by atoms with Crippen molar-refractivity contribution in [1.82, 2.24) is 4.90 Å². The molecule has 0 aromatic rings. The van der Waals surface area contributed by atoms with Crippen LogP contribution < -0.4 is 0 Å². The predicted molar refractivity (Wildman–Crippen MR) is 47.4 cm³/mol. The van der Waals surface area contributed by atoms with Crippen LogP contribution in [0.1, 0.15) is 0 Å². The molecule has 0 unspecified atom stereocenters. The summed E-state index contributed by atoms with van der Waals surface area (Å²) in [6, 6.07) is 0. The summed E-state index contributed by atoms with van der Waals surface area (Å²) >= 11 is 0. The van der Waals surface area contributed by atoms with E-state index in [1.165, 1.54) is 0 Å². The van der Waals surface area contributed by atoms with Gasteiger partial charge in [-0.15, -0.1) is 0 Å². The molecule has 0 radical (unpaired) electrons. The number of rotatable bonds is 1. The second-order valence-corrected chi connectivity index (χ2v) is 1.88. The average Bonchev–Trinajstić information content (AvgIpc) is 1.65. The van der Waals surface area contributed by atoms with Gasteiger partial charge in [-0.05, 0) is 21.1 Å². The van der Waals surface area contributed by atoms with Crippen LogP contribution in [0.3, 0.4) is 0 Å². The molecule has 0 heterocycles. The molecule has 4 heteroatoms. The minimum absolute atomic E-state index is 0. The van der Waals surface area contributed by atoms with Crippen molar-refractivity contribution in [3.8, 4) is 0 Å². The van der Waals surface area contributed by atoms with Gasteiger partial charge >= 0.3 is 5.97 Å². The van der Waals surface area contributed by atoms with Crippen LogP contribution in [0.4, 0.5) is 0 Å². The lowest BCUT2D eigenvalue weighted by atomic mass is 10.7. The molecule has 0 bridgehead atoms. The Morgan fingerprint density at radius 2 is 1.60 bits per heavy atom. The van der Waals surface area contributed by atoms with E-state index in [9.17, 15) is 4.79 Å². The van der Waals surface area contributed by atoms with E-state index in [0.717, 1.165) is 6.08 Å². The van der Waals surface area contributed by atoms with Crippen molar-refractivity contribution < 1.29 is 9.90 Å². The molecule has 0 spiro atoms. The molecule has 0 aromatic carbocycles. The normalized spacial score (nSPS) is 6.80. The molecule has 0 aliphatic rings. The summed E-state index contributed by atoms with van der Waals surface area (Å²) in [5, 5.41) is 7.60. The Morgan fingerprint density at radius 3 is 1.60 bits per heavy atom. The van der Waals surface area contributed by atoms with Crippen LogP contribution in [0, 0.1) is 0 Å². The summed E-state index contributed by atoms with van der Waals surface area (Å²) < 4.78 is 0. The molecule has 0 aliphatic heterocycles. The van der Waals surface area contributed by atoms with Gasteiger partial charge in [0.1, 0.15) is 0 Å². The molecule has 10 heavy (non-hydrogen) atoms. The lowest BCUT2D eigenvalue weighted by molar-refractivity contribution is -0.131. The second-order valence-electron chi connectivity index (χ2n) is 1.88. The minimum Gasteiger partial charge on any atom is -0.478 e. The van der Waals surface area contributed by atoms with Crippen LogP contribution in [-0.4, -0.2) is 54.5 Å². The lowest BCUT2D eigenvalue weighted by Crippen LogP contribution is -1.99. The van der Waals surface area contributed by atoms with Crippen LogP contribution in [0.5, 0.6) is 0 Å². The molecular formula is C6H16AlNO2. The SMILES string of the molecule is C=CC(=O)O.CN(C)C.[AlH3]. The highest BCUT2D eigenvalue weighted by molar-refractivity contribution is 5.78. The van der Waals surface area contributed by atoms with Crippen molar-refractivity contribution in [2.45, 2.75) is 0 Å². The molecule has 0 saturated heterocycles. The third-order valence-electron chi connectivity index (χ3n) is 0.175. The number of hydrogen-bond acceptors (Lipinski definition) is 2. The van der Waals surface area contributed by atoms with Gasteiger partial charge in [-0.3, -0.25) is 0 Å². The van der Waals surface area contributed by atoms with Gasteiger partial charge in [0.05, 0.1) is 0 Å². The highest BCUT2D eigenvalue weighted by Crippen LogP contribution is 1.54. The fourth-order valence-corrected chi connectivity index (χ4v) is 0. The van der Waals surface area contributed by atoms with E-state index in [1.807, 2.05) is 26.0 Å². The average molecular weight is 161 g/mol. The first kappa shape index (κ1) is 16.4. The number of carboxylic acid groups (broad SMARTS) is 1. The lowest BCUT2D eigenvalue weighted by Gasteiger charge is -1.90. The molecule has 0 saturated carbocycles. The van der Waals surface area contributed by atoms with Gasteiger partial charge < -0.3 is 10.0 Å². The van der Waals surface area contributed by atoms with E-state index >= 15 is 0 Å². The first-order valence-corrected chi connectivity index (χ1v) is 2.47. The van der Waals surface area contributed by atoms with Gasteiger partial charge in [0.25, 0.3) is 0 Å². The smallest absolute Gasteiger partial charge is 0.327 e. The van der Waals surface area contributed by atoms with Crippen molar-refractivity contribution in [3.05, 3.63) is 12.7 Å². The molecule has 0 aromatic heterocycles. The van der Waals surface area contributed by atoms with Crippen molar-refractivity contribution in [1.29, 1.82) is 0 Å². The Kier molecular flexibility index (Phi) is 18.8. The first-order chi connectivity index (χ1) is 4.00. The van der Waals surface area contributed by atoms with E-state index in [2.05, 4.69) is 6.58 Å². The summed E-state index contributed by atoms with van der Waals surface area (Å²) in [5.41, 5.74) is 0. The maximum absolute atomic E-state index is 9.25. The third kappa shape index (κ3) is 119. The molecule has 0 fully saturated rings. The van der Waals surface area contributed by atoms with Crippen molar-refractivity contribution >= 4 is 23.3 Å². The van der Waals surface area contributed by atoms with Gasteiger partial charge in [0.2, 0.25) is 0 Å². The number of aliphatic carboxylic acids is 1. The summed E-state index contributed by atoms with van der Waals surface area (Å²) in [7, 11) is 6.00. The highest BCUT2D eigenvalue weighted by atomic mass is 27.0. The van der Waals surface area contributed by atoms with Crippen LogP contribution in [0.15, 0.2) is 12.7 Å².